The first-order chi connectivity index (χ1) is 18.7. The Morgan fingerprint density at radius 2 is 1.97 bits per heavy atom. The number of nitrogens with zero attached hydrogens (tertiary/aromatic N) is 5. The third-order valence-electron chi connectivity index (χ3n) is 7.16. The maximum absolute atomic E-state index is 13.1. The topological polar surface area (TPSA) is 95.9 Å². The molecule has 3 aromatic rings. The predicted octanol–water partition coefficient (Wildman–Crippen LogP) is 5.69. The van der Waals surface area contributed by atoms with E-state index in [1.54, 1.807) is 30.9 Å². The van der Waals surface area contributed by atoms with Gasteiger partial charge in [0.05, 0.1) is 22.6 Å². The molecule has 202 valence electrons. The van der Waals surface area contributed by atoms with Crippen molar-refractivity contribution in [2.45, 2.75) is 47.0 Å². The van der Waals surface area contributed by atoms with Crippen LogP contribution in [0, 0.1) is 18.3 Å². The zero-order chi connectivity index (χ0) is 27.4. The van der Waals surface area contributed by atoms with Crippen LogP contribution in [0.3, 0.4) is 0 Å². The summed E-state index contributed by atoms with van der Waals surface area (Å²) in [4.78, 5) is 33.2. The standard InChI is InChI=1S/C31H37N7O/c1-21-28(37-30-33-14-11-27(36-30)23-6-5-13-32-17-23)16-25(18-34-21)29(39)35-26-9-7-22(8-10-26)24-12-15-38(19-24)20-31(2,3)4/h5-7,9,11,13-14,16-18,24H,8,10,12,15,19-20H2,1-4H3,(H,35,39)(H,33,36,37). The summed E-state index contributed by atoms with van der Waals surface area (Å²) in [5.74, 6) is 0.880. The van der Waals surface area contributed by atoms with Crippen molar-refractivity contribution in [2.24, 2.45) is 11.3 Å². The normalized spacial score (nSPS) is 17.9. The molecule has 5 rings (SSSR count). The highest BCUT2D eigenvalue weighted by molar-refractivity contribution is 5.96. The van der Waals surface area contributed by atoms with Crippen LogP contribution in [0.4, 0.5) is 11.6 Å². The van der Waals surface area contributed by atoms with Crippen LogP contribution in [-0.4, -0.2) is 50.4 Å². The Bertz CT molecular complexity index is 1390. The third-order valence-corrected chi connectivity index (χ3v) is 7.16. The average molecular weight is 524 g/mol. The summed E-state index contributed by atoms with van der Waals surface area (Å²) in [5.41, 5.74) is 6.35. The van der Waals surface area contributed by atoms with Gasteiger partial charge in [-0.1, -0.05) is 32.4 Å². The first-order valence-corrected chi connectivity index (χ1v) is 13.6. The first-order valence-electron chi connectivity index (χ1n) is 13.6. The zero-order valence-electron chi connectivity index (χ0n) is 23.2. The number of hydrogen-bond acceptors (Lipinski definition) is 7. The Labute approximate surface area is 230 Å². The lowest BCUT2D eigenvalue weighted by atomic mass is 9.90. The lowest BCUT2D eigenvalue weighted by Crippen LogP contribution is -2.31. The number of carbonyl (C=O) groups is 1. The second-order valence-electron chi connectivity index (χ2n) is 11.7. The SMILES string of the molecule is Cc1ncc(C(=O)NC2=CC=C(C3CCN(CC(C)(C)C)C3)CC2)cc1Nc1nccc(-c2cccnc2)n1. The lowest BCUT2D eigenvalue weighted by molar-refractivity contribution is 0.0964. The Kier molecular flexibility index (Phi) is 7.84. The molecular formula is C31H37N7O. The summed E-state index contributed by atoms with van der Waals surface area (Å²) < 4.78 is 0. The van der Waals surface area contributed by atoms with Crippen LogP contribution in [0.1, 0.15) is 56.1 Å². The van der Waals surface area contributed by atoms with E-state index in [1.807, 2.05) is 25.1 Å². The second kappa shape index (κ2) is 11.5. The highest BCUT2D eigenvalue weighted by Crippen LogP contribution is 2.32. The minimum Gasteiger partial charge on any atom is -0.326 e. The molecule has 0 spiro atoms. The van der Waals surface area contributed by atoms with Gasteiger partial charge < -0.3 is 15.5 Å². The molecule has 3 aromatic heterocycles. The van der Waals surface area contributed by atoms with Crippen molar-refractivity contribution >= 4 is 17.5 Å². The Morgan fingerprint density at radius 3 is 2.72 bits per heavy atom. The van der Waals surface area contributed by atoms with Crippen molar-refractivity contribution in [2.75, 3.05) is 25.0 Å². The third kappa shape index (κ3) is 6.95. The molecule has 1 saturated heterocycles. The van der Waals surface area contributed by atoms with E-state index in [0.717, 1.165) is 48.6 Å². The molecule has 2 aliphatic rings. The van der Waals surface area contributed by atoms with E-state index >= 15 is 0 Å². The number of nitrogens with one attached hydrogen (secondary N) is 2. The molecule has 1 aliphatic heterocycles. The maximum Gasteiger partial charge on any atom is 0.257 e. The van der Waals surface area contributed by atoms with E-state index in [4.69, 9.17) is 0 Å². The zero-order valence-corrected chi connectivity index (χ0v) is 23.2. The second-order valence-corrected chi connectivity index (χ2v) is 11.7. The molecule has 0 radical (unpaired) electrons. The number of allylic oxidation sites excluding steroid dienone is 3. The van der Waals surface area contributed by atoms with Crippen LogP contribution in [0.15, 0.2) is 72.5 Å². The molecule has 1 aliphatic carbocycles. The molecular weight excluding hydrogens is 486 g/mol. The van der Waals surface area contributed by atoms with Crippen LogP contribution < -0.4 is 10.6 Å². The molecule has 0 saturated carbocycles. The number of anilines is 2. The Balaban J connectivity index is 1.22. The van der Waals surface area contributed by atoms with Gasteiger partial charge >= 0.3 is 0 Å². The van der Waals surface area contributed by atoms with E-state index in [9.17, 15) is 4.79 Å². The molecule has 1 atom stereocenters. The number of pyridine rings is 2. The monoisotopic (exact) mass is 523 g/mol. The van der Waals surface area contributed by atoms with E-state index < -0.39 is 0 Å². The molecule has 0 bridgehead atoms. The van der Waals surface area contributed by atoms with E-state index in [0.29, 0.717) is 28.5 Å². The fourth-order valence-corrected chi connectivity index (χ4v) is 5.26. The number of likely N-dealkylation sites (tertiary alicyclic amines) is 1. The molecule has 1 fully saturated rings. The minimum absolute atomic E-state index is 0.170. The number of rotatable bonds is 7. The molecule has 1 unspecified atom stereocenters. The predicted molar refractivity (Wildman–Crippen MR) is 154 cm³/mol. The number of aromatic nitrogens is 4. The summed E-state index contributed by atoms with van der Waals surface area (Å²) >= 11 is 0. The molecule has 0 aromatic carbocycles. The highest BCUT2D eigenvalue weighted by atomic mass is 16.1. The van der Waals surface area contributed by atoms with Crippen molar-refractivity contribution in [3.05, 3.63) is 83.7 Å². The molecule has 8 heteroatoms. The van der Waals surface area contributed by atoms with E-state index in [2.05, 4.69) is 68.4 Å². The maximum atomic E-state index is 13.1. The van der Waals surface area contributed by atoms with E-state index in [-0.39, 0.29) is 5.91 Å². The summed E-state index contributed by atoms with van der Waals surface area (Å²) in [5, 5.41) is 6.31. The van der Waals surface area contributed by atoms with Crippen LogP contribution in [0.5, 0.6) is 0 Å². The number of carbonyl (C=O) groups excluding carboxylic acids is 1. The van der Waals surface area contributed by atoms with Crippen LogP contribution in [0.2, 0.25) is 0 Å². The van der Waals surface area contributed by atoms with E-state index in [1.165, 1.54) is 18.5 Å². The van der Waals surface area contributed by atoms with Gasteiger partial charge in [0.1, 0.15) is 0 Å². The van der Waals surface area contributed by atoms with Gasteiger partial charge in [0.2, 0.25) is 5.95 Å². The number of hydrogen-bond donors (Lipinski definition) is 2. The van der Waals surface area contributed by atoms with Gasteiger partial charge in [-0.15, -0.1) is 0 Å². The summed E-state index contributed by atoms with van der Waals surface area (Å²) in [6, 6.07) is 7.45. The summed E-state index contributed by atoms with van der Waals surface area (Å²) in [6.07, 6.45) is 14.1. The molecule has 8 nitrogen and oxygen atoms in total. The largest absolute Gasteiger partial charge is 0.326 e. The van der Waals surface area contributed by atoms with Crippen LogP contribution in [-0.2, 0) is 0 Å². The van der Waals surface area contributed by atoms with Gasteiger partial charge in [0.15, 0.2) is 0 Å². The molecule has 2 N–H and O–H groups in total. The lowest BCUT2D eigenvalue weighted by Gasteiger charge is -2.27. The fourth-order valence-electron chi connectivity index (χ4n) is 5.26. The average Bonchev–Trinajstić information content (AvgIpc) is 3.38. The van der Waals surface area contributed by atoms with Gasteiger partial charge in [-0.3, -0.25) is 14.8 Å². The summed E-state index contributed by atoms with van der Waals surface area (Å²) in [7, 11) is 0. The minimum atomic E-state index is -0.170. The fraction of sp³-hybridized carbons (Fsp3) is 0.387. The number of aryl methyl sites for hydroxylation is 1. The van der Waals surface area contributed by atoms with Gasteiger partial charge in [0.25, 0.3) is 5.91 Å². The van der Waals surface area contributed by atoms with Crippen molar-refractivity contribution < 1.29 is 4.79 Å². The van der Waals surface area contributed by atoms with Crippen molar-refractivity contribution in [1.82, 2.24) is 30.2 Å². The smallest absolute Gasteiger partial charge is 0.257 e. The molecule has 1 amide bonds. The molecule has 4 heterocycles. The van der Waals surface area contributed by atoms with Crippen molar-refractivity contribution in [3.8, 4) is 11.3 Å². The Morgan fingerprint density at radius 1 is 1.10 bits per heavy atom. The van der Waals surface area contributed by atoms with Crippen molar-refractivity contribution in [3.63, 3.8) is 0 Å². The quantitative estimate of drug-likeness (QED) is 0.411. The summed E-state index contributed by atoms with van der Waals surface area (Å²) in [6.45, 7) is 12.2. The van der Waals surface area contributed by atoms with Gasteiger partial charge in [0, 0.05) is 49.1 Å². The van der Waals surface area contributed by atoms with Crippen LogP contribution in [0.25, 0.3) is 11.3 Å². The Hall–Kier alpha value is -3.91. The van der Waals surface area contributed by atoms with Gasteiger partial charge in [-0.25, -0.2) is 9.97 Å². The molecule has 39 heavy (non-hydrogen) atoms. The van der Waals surface area contributed by atoms with Gasteiger partial charge in [-0.2, -0.15) is 0 Å². The number of amides is 1. The van der Waals surface area contributed by atoms with Crippen LogP contribution >= 0.6 is 0 Å². The first kappa shape index (κ1) is 26.7. The van der Waals surface area contributed by atoms with Crippen molar-refractivity contribution in [1.29, 1.82) is 0 Å². The van der Waals surface area contributed by atoms with Gasteiger partial charge in [-0.05, 0) is 74.4 Å². The highest BCUT2D eigenvalue weighted by Gasteiger charge is 2.28.